The molecular weight excluding hydrogens is 392 g/mol. The second-order valence-electron chi connectivity index (χ2n) is 5.86. The smallest absolute Gasteiger partial charge is 0.338 e. The van der Waals surface area contributed by atoms with E-state index in [0.29, 0.717) is 10.7 Å². The van der Waals surface area contributed by atoms with Gasteiger partial charge in [-0.1, -0.05) is 23.7 Å². The molecule has 0 fully saturated rings. The molecule has 0 aliphatic rings. The standard InChI is InChI=1S/C18H19ClN2O5S/c1-12(17(22)20-15-8-5-7-14(19)11-15)26-18(23)13-6-4-9-16(10-13)27(24,25)21(2)3/h4-12H,1-3H3,(H,20,22)/t12-/m1/s1. The number of nitrogens with zero attached hydrogens (tertiary/aromatic N) is 1. The predicted octanol–water partition coefficient (Wildman–Crippen LogP) is 2.77. The molecule has 0 bridgehead atoms. The van der Waals surface area contributed by atoms with Crippen LogP contribution < -0.4 is 5.32 Å². The Balaban J connectivity index is 2.09. The van der Waals surface area contributed by atoms with Crippen molar-refractivity contribution in [2.75, 3.05) is 19.4 Å². The number of nitrogens with one attached hydrogen (secondary N) is 1. The molecule has 0 saturated carbocycles. The molecule has 0 aliphatic carbocycles. The molecule has 1 amide bonds. The van der Waals surface area contributed by atoms with Gasteiger partial charge < -0.3 is 10.1 Å². The van der Waals surface area contributed by atoms with Crippen molar-refractivity contribution in [3.05, 3.63) is 59.1 Å². The zero-order valence-electron chi connectivity index (χ0n) is 15.0. The number of hydrogen-bond acceptors (Lipinski definition) is 5. The van der Waals surface area contributed by atoms with E-state index in [2.05, 4.69) is 5.32 Å². The van der Waals surface area contributed by atoms with Crippen LogP contribution in [0.15, 0.2) is 53.4 Å². The summed E-state index contributed by atoms with van der Waals surface area (Å²) in [6.07, 6.45) is -1.09. The summed E-state index contributed by atoms with van der Waals surface area (Å²) in [5.41, 5.74) is 0.495. The van der Waals surface area contributed by atoms with E-state index >= 15 is 0 Å². The van der Waals surface area contributed by atoms with Crippen LogP contribution in [0.5, 0.6) is 0 Å². The first-order chi connectivity index (χ1) is 12.6. The monoisotopic (exact) mass is 410 g/mol. The highest BCUT2D eigenvalue weighted by atomic mass is 35.5. The van der Waals surface area contributed by atoms with Gasteiger partial charge in [-0.2, -0.15) is 0 Å². The first-order valence-corrected chi connectivity index (χ1v) is 9.73. The second-order valence-corrected chi connectivity index (χ2v) is 8.45. The van der Waals surface area contributed by atoms with Crippen molar-refractivity contribution in [2.24, 2.45) is 0 Å². The Labute approximate surface area is 162 Å². The van der Waals surface area contributed by atoms with Gasteiger partial charge in [0.15, 0.2) is 6.10 Å². The van der Waals surface area contributed by atoms with Gasteiger partial charge >= 0.3 is 5.97 Å². The maximum atomic E-state index is 12.3. The first-order valence-electron chi connectivity index (χ1n) is 7.91. The Bertz CT molecular complexity index is 960. The minimum Gasteiger partial charge on any atom is -0.449 e. The van der Waals surface area contributed by atoms with Crippen LogP contribution in [0.25, 0.3) is 0 Å². The van der Waals surface area contributed by atoms with Crippen molar-refractivity contribution in [1.82, 2.24) is 4.31 Å². The normalized spacial score (nSPS) is 12.5. The van der Waals surface area contributed by atoms with Gasteiger partial charge in [0.05, 0.1) is 10.5 Å². The number of sulfonamides is 1. The highest BCUT2D eigenvalue weighted by Gasteiger charge is 2.22. The number of anilines is 1. The molecule has 2 rings (SSSR count). The molecule has 7 nitrogen and oxygen atoms in total. The van der Waals surface area contributed by atoms with Crippen LogP contribution >= 0.6 is 11.6 Å². The maximum Gasteiger partial charge on any atom is 0.338 e. The van der Waals surface area contributed by atoms with Gasteiger partial charge in [0.25, 0.3) is 5.91 Å². The summed E-state index contributed by atoms with van der Waals surface area (Å²) in [4.78, 5) is 24.4. The van der Waals surface area contributed by atoms with Crippen molar-refractivity contribution >= 4 is 39.2 Å². The lowest BCUT2D eigenvalue weighted by Crippen LogP contribution is -2.30. The lowest BCUT2D eigenvalue weighted by molar-refractivity contribution is -0.123. The maximum absolute atomic E-state index is 12.3. The number of carbonyl (C=O) groups excluding carboxylic acids is 2. The SMILES string of the molecule is C[C@@H](OC(=O)c1cccc(S(=O)(=O)N(C)C)c1)C(=O)Nc1cccc(Cl)c1. The third kappa shape index (κ3) is 5.29. The first kappa shape index (κ1) is 20.9. The van der Waals surface area contributed by atoms with E-state index in [0.717, 1.165) is 4.31 Å². The Kier molecular flexibility index (Phi) is 6.59. The molecule has 1 atom stereocenters. The number of ether oxygens (including phenoxy) is 1. The summed E-state index contributed by atoms with van der Waals surface area (Å²) in [7, 11) is -0.906. The number of amides is 1. The Morgan fingerprint density at radius 1 is 1.11 bits per heavy atom. The molecule has 1 N–H and O–H groups in total. The molecule has 2 aromatic carbocycles. The van der Waals surface area contributed by atoms with Crippen molar-refractivity contribution in [3.63, 3.8) is 0 Å². The quantitative estimate of drug-likeness (QED) is 0.739. The topological polar surface area (TPSA) is 92.8 Å². The molecule has 0 unspecified atom stereocenters. The van der Waals surface area contributed by atoms with Crippen LogP contribution in [0, 0.1) is 0 Å². The van der Waals surface area contributed by atoms with Gasteiger partial charge in [-0.25, -0.2) is 17.5 Å². The molecule has 0 aromatic heterocycles. The Morgan fingerprint density at radius 3 is 2.41 bits per heavy atom. The van der Waals surface area contributed by atoms with Gasteiger partial charge in [0.1, 0.15) is 0 Å². The fourth-order valence-corrected chi connectivity index (χ4v) is 3.22. The number of rotatable bonds is 6. The van der Waals surface area contributed by atoms with Crippen molar-refractivity contribution in [3.8, 4) is 0 Å². The Hall–Kier alpha value is -2.42. The minimum atomic E-state index is -3.69. The van der Waals surface area contributed by atoms with E-state index in [1.165, 1.54) is 45.3 Å². The fraction of sp³-hybridized carbons (Fsp3) is 0.222. The van der Waals surface area contributed by atoms with Crippen LogP contribution in [-0.2, 0) is 19.6 Å². The highest BCUT2D eigenvalue weighted by molar-refractivity contribution is 7.89. The lowest BCUT2D eigenvalue weighted by atomic mass is 10.2. The molecule has 0 radical (unpaired) electrons. The number of benzene rings is 2. The molecule has 0 aliphatic heterocycles. The average molecular weight is 411 g/mol. The molecule has 144 valence electrons. The summed E-state index contributed by atoms with van der Waals surface area (Å²) in [5, 5.41) is 3.04. The summed E-state index contributed by atoms with van der Waals surface area (Å²) >= 11 is 5.86. The van der Waals surface area contributed by atoms with Crippen molar-refractivity contribution in [2.45, 2.75) is 17.9 Å². The number of carbonyl (C=O) groups is 2. The largest absolute Gasteiger partial charge is 0.449 e. The van der Waals surface area contributed by atoms with Crippen LogP contribution in [0.4, 0.5) is 5.69 Å². The third-order valence-electron chi connectivity index (χ3n) is 3.59. The highest BCUT2D eigenvalue weighted by Crippen LogP contribution is 2.17. The van der Waals surface area contributed by atoms with Crippen molar-refractivity contribution < 1.29 is 22.7 Å². The van der Waals surface area contributed by atoms with Crippen molar-refractivity contribution in [1.29, 1.82) is 0 Å². The van der Waals surface area contributed by atoms with Gasteiger partial charge in [-0.3, -0.25) is 4.79 Å². The number of esters is 1. The summed E-state index contributed by atoms with van der Waals surface area (Å²) in [5.74, 6) is -1.35. The average Bonchev–Trinajstić information content (AvgIpc) is 2.61. The fourth-order valence-electron chi connectivity index (χ4n) is 2.09. The number of hydrogen-bond donors (Lipinski definition) is 1. The van der Waals surface area contributed by atoms with E-state index in [1.54, 1.807) is 24.3 Å². The molecule has 0 saturated heterocycles. The van der Waals surface area contributed by atoms with Crippen LogP contribution in [-0.4, -0.2) is 44.8 Å². The summed E-state index contributed by atoms with van der Waals surface area (Å²) in [6, 6.07) is 12.0. The lowest BCUT2D eigenvalue weighted by Gasteiger charge is -2.15. The van der Waals surface area contributed by atoms with E-state index in [-0.39, 0.29) is 10.5 Å². The van der Waals surface area contributed by atoms with E-state index in [1.807, 2.05) is 0 Å². The van der Waals surface area contributed by atoms with Gasteiger partial charge in [0.2, 0.25) is 10.0 Å². The van der Waals surface area contributed by atoms with Crippen LogP contribution in [0.2, 0.25) is 5.02 Å². The Morgan fingerprint density at radius 2 is 1.78 bits per heavy atom. The second kappa shape index (κ2) is 8.51. The molecule has 0 heterocycles. The van der Waals surface area contributed by atoms with Crippen LogP contribution in [0.3, 0.4) is 0 Å². The number of halogens is 1. The van der Waals surface area contributed by atoms with Gasteiger partial charge in [0, 0.05) is 24.8 Å². The molecule has 27 heavy (non-hydrogen) atoms. The van der Waals surface area contributed by atoms with Gasteiger partial charge in [-0.05, 0) is 43.3 Å². The summed E-state index contributed by atoms with van der Waals surface area (Å²) < 4.78 is 30.5. The molecule has 2 aromatic rings. The third-order valence-corrected chi connectivity index (χ3v) is 5.64. The van der Waals surface area contributed by atoms with E-state index in [4.69, 9.17) is 16.3 Å². The van der Waals surface area contributed by atoms with E-state index in [9.17, 15) is 18.0 Å². The van der Waals surface area contributed by atoms with E-state index < -0.39 is 28.0 Å². The predicted molar refractivity (Wildman–Crippen MR) is 102 cm³/mol. The van der Waals surface area contributed by atoms with Crippen LogP contribution in [0.1, 0.15) is 17.3 Å². The molecule has 0 spiro atoms. The minimum absolute atomic E-state index is 0.0281. The zero-order valence-corrected chi connectivity index (χ0v) is 16.5. The molecular formula is C18H19ClN2O5S. The summed E-state index contributed by atoms with van der Waals surface area (Å²) in [6.45, 7) is 1.41. The molecule has 9 heteroatoms. The van der Waals surface area contributed by atoms with Gasteiger partial charge in [-0.15, -0.1) is 0 Å². The zero-order chi connectivity index (χ0) is 20.2.